The summed E-state index contributed by atoms with van der Waals surface area (Å²) >= 11 is 0. The first-order chi connectivity index (χ1) is 17.4. The van der Waals surface area contributed by atoms with E-state index in [-0.39, 0.29) is 0 Å². The van der Waals surface area contributed by atoms with Crippen LogP contribution < -0.4 is 0 Å². The summed E-state index contributed by atoms with van der Waals surface area (Å²) in [6.07, 6.45) is 18.1. The molecule has 0 unspecified atom stereocenters. The van der Waals surface area contributed by atoms with Crippen LogP contribution in [0.4, 0.5) is 0 Å². The van der Waals surface area contributed by atoms with Gasteiger partial charge in [-0.2, -0.15) is 0 Å². The number of fused-ring (bicyclic) bond motifs is 12. The smallest absolute Gasteiger partial charge is 0.178 e. The molecule has 3 aliphatic rings. The van der Waals surface area contributed by atoms with Gasteiger partial charge in [-0.3, -0.25) is 0 Å². The average molecular weight is 463 g/mol. The van der Waals surface area contributed by atoms with E-state index in [9.17, 15) is 15.3 Å². The second-order valence-electron chi connectivity index (χ2n) is 9.45. The number of terminal acetylenes is 3. The molecule has 36 heavy (non-hydrogen) atoms. The Morgan fingerprint density at radius 2 is 0.694 bits per heavy atom. The minimum absolute atomic E-state index is 0.403. The zero-order chi connectivity index (χ0) is 25.0. The topological polar surface area (TPSA) is 60.7 Å². The van der Waals surface area contributed by atoms with Crippen molar-refractivity contribution in [1.29, 1.82) is 0 Å². The van der Waals surface area contributed by atoms with Crippen LogP contribution in [-0.2, 0) is 16.8 Å². The first-order valence-corrected chi connectivity index (χ1v) is 11.5. The zero-order valence-electron chi connectivity index (χ0n) is 19.0. The van der Waals surface area contributed by atoms with Crippen molar-refractivity contribution >= 4 is 0 Å². The summed E-state index contributed by atoms with van der Waals surface area (Å²) in [6, 6.07) is 21.9. The third kappa shape index (κ3) is 1.99. The van der Waals surface area contributed by atoms with Crippen molar-refractivity contribution in [1.82, 2.24) is 0 Å². The van der Waals surface area contributed by atoms with Gasteiger partial charge in [0.05, 0.1) is 0 Å². The van der Waals surface area contributed by atoms with Crippen LogP contribution in [-0.4, -0.2) is 15.3 Å². The minimum atomic E-state index is -1.83. The molecule has 0 saturated heterocycles. The molecule has 0 fully saturated rings. The summed E-state index contributed by atoms with van der Waals surface area (Å²) in [4.78, 5) is 0. The van der Waals surface area contributed by atoms with E-state index in [0.717, 1.165) is 0 Å². The maximum Gasteiger partial charge on any atom is 0.178 e. The monoisotopic (exact) mass is 462 g/mol. The van der Waals surface area contributed by atoms with E-state index in [0.29, 0.717) is 66.8 Å². The molecule has 3 atom stereocenters. The maximum absolute atomic E-state index is 12.1. The van der Waals surface area contributed by atoms with Crippen LogP contribution in [0.25, 0.3) is 33.4 Å². The molecule has 0 heterocycles. The molecular formula is C33H18O3. The van der Waals surface area contributed by atoms with Crippen molar-refractivity contribution in [2.45, 2.75) is 16.8 Å². The number of benzene rings is 4. The van der Waals surface area contributed by atoms with E-state index in [1.54, 1.807) is 36.4 Å². The van der Waals surface area contributed by atoms with Crippen molar-refractivity contribution in [2.75, 3.05) is 0 Å². The lowest BCUT2D eigenvalue weighted by atomic mass is 9.77. The zero-order valence-corrected chi connectivity index (χ0v) is 19.0. The Bertz CT molecular complexity index is 1590. The van der Waals surface area contributed by atoms with E-state index >= 15 is 0 Å². The summed E-state index contributed by atoms with van der Waals surface area (Å²) in [5.74, 6) is 7.82. The normalized spacial score (nSPS) is 25.3. The highest BCUT2D eigenvalue weighted by atomic mass is 16.3. The fourth-order valence-electron chi connectivity index (χ4n) is 6.55. The van der Waals surface area contributed by atoms with Crippen molar-refractivity contribution in [2.24, 2.45) is 0 Å². The molecule has 0 saturated carbocycles. The molecule has 0 radical (unpaired) electrons. The molecule has 3 heteroatoms. The van der Waals surface area contributed by atoms with Gasteiger partial charge in [-0.1, -0.05) is 90.6 Å². The first kappa shape index (κ1) is 20.8. The van der Waals surface area contributed by atoms with Crippen molar-refractivity contribution < 1.29 is 15.3 Å². The molecule has 0 amide bonds. The summed E-state index contributed by atoms with van der Waals surface area (Å²) in [6.45, 7) is 0. The Morgan fingerprint density at radius 3 is 0.944 bits per heavy atom. The molecule has 0 aliphatic heterocycles. The van der Waals surface area contributed by atoms with E-state index in [1.165, 1.54) is 0 Å². The lowest BCUT2D eigenvalue weighted by Crippen LogP contribution is -2.28. The van der Waals surface area contributed by atoms with Crippen LogP contribution in [0.5, 0.6) is 0 Å². The largest absolute Gasteiger partial charge is 0.369 e. The minimum Gasteiger partial charge on any atom is -0.369 e. The second-order valence-corrected chi connectivity index (χ2v) is 9.45. The maximum atomic E-state index is 12.1. The SMILES string of the molecule is C#C[C@@]1(O)c2ccccc2-c2c1c1c(c3c2[C@@](O)(C#C)c2ccccc2-3)[C@@](O)(C#C)c2ccccc2-1. The van der Waals surface area contributed by atoms with Gasteiger partial charge >= 0.3 is 0 Å². The Hall–Kier alpha value is -4.56. The molecule has 168 valence electrons. The molecule has 7 rings (SSSR count). The van der Waals surface area contributed by atoms with Gasteiger partial charge in [0.25, 0.3) is 0 Å². The third-order valence-corrected chi connectivity index (χ3v) is 7.97. The quantitative estimate of drug-likeness (QED) is 0.343. The van der Waals surface area contributed by atoms with Crippen LogP contribution in [0.15, 0.2) is 72.8 Å². The molecule has 3 aliphatic carbocycles. The Labute approximate surface area is 208 Å². The molecule has 0 spiro atoms. The highest BCUT2D eigenvalue weighted by molar-refractivity contribution is 6.05. The number of hydrogen-bond donors (Lipinski definition) is 3. The number of rotatable bonds is 0. The van der Waals surface area contributed by atoms with E-state index in [2.05, 4.69) is 17.8 Å². The predicted molar refractivity (Wildman–Crippen MR) is 138 cm³/mol. The van der Waals surface area contributed by atoms with Crippen molar-refractivity contribution in [3.05, 3.63) is 106 Å². The highest BCUT2D eigenvalue weighted by Crippen LogP contribution is 2.66. The predicted octanol–water partition coefficient (Wildman–Crippen LogP) is 4.24. The lowest BCUT2D eigenvalue weighted by molar-refractivity contribution is 0.143. The highest BCUT2D eigenvalue weighted by Gasteiger charge is 2.56. The molecule has 0 aromatic heterocycles. The molecular weight excluding hydrogens is 444 g/mol. The van der Waals surface area contributed by atoms with Gasteiger partial charge in [-0.05, 0) is 33.4 Å². The van der Waals surface area contributed by atoms with Gasteiger partial charge in [0.2, 0.25) is 0 Å². The fraction of sp³-hybridized carbons (Fsp3) is 0.0909. The van der Waals surface area contributed by atoms with Crippen LogP contribution in [0.1, 0.15) is 33.4 Å². The Morgan fingerprint density at radius 1 is 0.444 bits per heavy atom. The van der Waals surface area contributed by atoms with E-state index in [4.69, 9.17) is 19.3 Å². The first-order valence-electron chi connectivity index (χ1n) is 11.5. The molecule has 4 aromatic rings. The average Bonchev–Trinajstić information content (AvgIpc) is 3.46. The summed E-state index contributed by atoms with van der Waals surface area (Å²) in [7, 11) is 0. The van der Waals surface area contributed by atoms with Gasteiger partial charge in [0.1, 0.15) is 0 Å². The van der Waals surface area contributed by atoms with Crippen LogP contribution in [0.2, 0.25) is 0 Å². The van der Waals surface area contributed by atoms with Crippen molar-refractivity contribution in [3.8, 4) is 70.4 Å². The van der Waals surface area contributed by atoms with Crippen molar-refractivity contribution in [3.63, 3.8) is 0 Å². The number of aliphatic hydroxyl groups is 3. The van der Waals surface area contributed by atoms with E-state index in [1.807, 2.05) is 36.4 Å². The fourth-order valence-corrected chi connectivity index (χ4v) is 6.55. The Balaban J connectivity index is 1.83. The van der Waals surface area contributed by atoms with Crippen LogP contribution >= 0.6 is 0 Å². The Kier molecular flexibility index (Phi) is 3.67. The van der Waals surface area contributed by atoms with Crippen LogP contribution in [0.3, 0.4) is 0 Å². The van der Waals surface area contributed by atoms with Gasteiger partial charge in [0, 0.05) is 33.4 Å². The number of hydrogen-bond acceptors (Lipinski definition) is 3. The van der Waals surface area contributed by atoms with Gasteiger partial charge in [0.15, 0.2) is 16.8 Å². The third-order valence-electron chi connectivity index (χ3n) is 7.97. The van der Waals surface area contributed by atoms with Crippen LogP contribution in [0, 0.1) is 37.0 Å². The summed E-state index contributed by atoms with van der Waals surface area (Å²) in [5, 5.41) is 36.4. The summed E-state index contributed by atoms with van der Waals surface area (Å²) < 4.78 is 0. The molecule has 0 bridgehead atoms. The van der Waals surface area contributed by atoms with Gasteiger partial charge in [-0.15, -0.1) is 19.3 Å². The van der Waals surface area contributed by atoms with Gasteiger partial charge < -0.3 is 15.3 Å². The lowest BCUT2D eigenvalue weighted by Gasteiger charge is -2.28. The van der Waals surface area contributed by atoms with Gasteiger partial charge in [-0.25, -0.2) is 0 Å². The van der Waals surface area contributed by atoms with E-state index < -0.39 is 16.8 Å². The summed E-state index contributed by atoms with van der Waals surface area (Å²) in [5.41, 5.74) is 1.04. The second kappa shape index (κ2) is 6.35. The standard InChI is InChI=1S/C33H18O3/c1-4-31(34)22-16-10-7-13-19(22)25-28(31)26-20-14-8-11-17-23(20)32(35,5-2)30(26)27-21-15-9-12-18-24(21)33(36,6-3)29(25)27/h1-3,7-18,34-36H/t31-,32-,33-/m1/s1. The molecule has 4 aromatic carbocycles. The molecule has 3 N–H and O–H groups in total. The molecule has 3 nitrogen and oxygen atoms in total.